The summed E-state index contributed by atoms with van der Waals surface area (Å²) in [5, 5.41) is 8.99. The van der Waals surface area contributed by atoms with Crippen molar-refractivity contribution in [2.75, 3.05) is 0 Å². The first-order chi connectivity index (χ1) is 9.29. The molecular weight excluding hydrogens is 273 g/mol. The molecule has 3 rings (SSSR count). The minimum absolute atomic E-state index is 0.135. The predicted molar refractivity (Wildman–Crippen MR) is 63.9 cm³/mol. The molecule has 0 amide bonds. The highest BCUT2D eigenvalue weighted by molar-refractivity contribution is 5.88. The molecule has 1 aliphatic carbocycles. The van der Waals surface area contributed by atoms with Crippen molar-refractivity contribution >= 4 is 11.6 Å². The van der Waals surface area contributed by atoms with E-state index in [9.17, 15) is 18.0 Å². The van der Waals surface area contributed by atoms with Crippen LogP contribution in [0.1, 0.15) is 46.1 Å². The number of rotatable bonds is 2. The minimum atomic E-state index is -4.56. The first kappa shape index (κ1) is 13.0. The van der Waals surface area contributed by atoms with Crippen molar-refractivity contribution in [3.8, 4) is 0 Å². The predicted octanol–water partition coefficient (Wildman–Crippen LogP) is 3.24. The lowest BCUT2D eigenvalue weighted by Crippen LogP contribution is -2.09. The van der Waals surface area contributed by atoms with Gasteiger partial charge in [-0.2, -0.15) is 13.2 Å². The van der Waals surface area contributed by atoms with Gasteiger partial charge in [0.15, 0.2) is 5.69 Å². The summed E-state index contributed by atoms with van der Waals surface area (Å²) in [6.07, 6.45) is -1.26. The summed E-state index contributed by atoms with van der Waals surface area (Å²) in [6.45, 7) is 1.46. The second-order valence-corrected chi connectivity index (χ2v) is 5.00. The Morgan fingerprint density at radius 3 is 2.60 bits per heavy atom. The van der Waals surface area contributed by atoms with Crippen molar-refractivity contribution in [3.05, 3.63) is 34.8 Å². The van der Waals surface area contributed by atoms with Crippen LogP contribution in [-0.2, 0) is 6.18 Å². The number of aromatic nitrogens is 2. The normalized spacial score (nSPS) is 15.8. The molecule has 0 atom stereocenters. The number of carboxylic acids is 1. The topological polar surface area (TPSA) is 54.6 Å². The second kappa shape index (κ2) is 3.97. The van der Waals surface area contributed by atoms with Crippen LogP contribution in [0.15, 0.2) is 12.3 Å². The fourth-order valence-corrected chi connectivity index (χ4v) is 2.33. The summed E-state index contributed by atoms with van der Waals surface area (Å²) < 4.78 is 40.6. The highest BCUT2D eigenvalue weighted by Crippen LogP contribution is 2.43. The fourth-order valence-electron chi connectivity index (χ4n) is 2.33. The molecule has 0 aromatic carbocycles. The van der Waals surface area contributed by atoms with Crippen molar-refractivity contribution in [3.63, 3.8) is 0 Å². The number of aromatic carboxylic acids is 1. The summed E-state index contributed by atoms with van der Waals surface area (Å²) in [5.74, 6) is -1.19. The van der Waals surface area contributed by atoms with Crippen LogP contribution in [0.2, 0.25) is 0 Å². The Bertz CT molecular complexity index is 714. The lowest BCUT2D eigenvalue weighted by Gasteiger charge is -2.11. The van der Waals surface area contributed by atoms with Crippen LogP contribution in [0.25, 0.3) is 5.65 Å². The number of pyridine rings is 1. The molecule has 1 saturated carbocycles. The molecule has 0 radical (unpaired) electrons. The van der Waals surface area contributed by atoms with Gasteiger partial charge in [0.1, 0.15) is 5.65 Å². The van der Waals surface area contributed by atoms with E-state index in [0.29, 0.717) is 5.56 Å². The molecule has 1 N–H and O–H groups in total. The van der Waals surface area contributed by atoms with Gasteiger partial charge in [-0.3, -0.25) is 0 Å². The molecular formula is C13H11F3N2O2. The molecule has 2 heterocycles. The molecule has 0 bridgehead atoms. The molecule has 0 unspecified atom stereocenters. The molecule has 0 saturated heterocycles. The maximum absolute atomic E-state index is 13.1. The van der Waals surface area contributed by atoms with Crippen LogP contribution in [0.5, 0.6) is 0 Å². The number of hydrogen-bond acceptors (Lipinski definition) is 2. The third-order valence-electron chi connectivity index (χ3n) is 3.54. The van der Waals surface area contributed by atoms with Crippen LogP contribution in [-0.4, -0.2) is 20.5 Å². The third-order valence-corrected chi connectivity index (χ3v) is 3.54. The largest absolute Gasteiger partial charge is 0.476 e. The van der Waals surface area contributed by atoms with Crippen molar-refractivity contribution in [2.24, 2.45) is 0 Å². The Balaban J connectivity index is 2.34. The molecule has 0 spiro atoms. The molecule has 7 heteroatoms. The maximum atomic E-state index is 13.1. The molecule has 1 fully saturated rings. The number of imidazole rings is 1. The minimum Gasteiger partial charge on any atom is -0.476 e. The van der Waals surface area contributed by atoms with Gasteiger partial charge >= 0.3 is 12.1 Å². The quantitative estimate of drug-likeness (QED) is 0.921. The Morgan fingerprint density at radius 1 is 1.45 bits per heavy atom. The average molecular weight is 284 g/mol. The van der Waals surface area contributed by atoms with Gasteiger partial charge < -0.3 is 9.51 Å². The van der Waals surface area contributed by atoms with Crippen molar-refractivity contribution < 1.29 is 23.1 Å². The zero-order chi connectivity index (χ0) is 14.7. The molecule has 106 valence electrons. The van der Waals surface area contributed by atoms with Gasteiger partial charge in [-0.1, -0.05) is 0 Å². The molecule has 2 aromatic heterocycles. The lowest BCUT2D eigenvalue weighted by molar-refractivity contribution is -0.136. The molecule has 2 aromatic rings. The van der Waals surface area contributed by atoms with Gasteiger partial charge in [0.05, 0.1) is 11.3 Å². The van der Waals surface area contributed by atoms with Gasteiger partial charge in [-0.05, 0) is 37.3 Å². The average Bonchev–Trinajstić information content (AvgIpc) is 3.12. The zero-order valence-corrected chi connectivity index (χ0v) is 10.5. The van der Waals surface area contributed by atoms with Gasteiger partial charge in [-0.25, -0.2) is 9.78 Å². The van der Waals surface area contributed by atoms with Crippen LogP contribution in [0.3, 0.4) is 0 Å². The van der Waals surface area contributed by atoms with E-state index in [0.717, 1.165) is 18.9 Å². The van der Waals surface area contributed by atoms with E-state index in [1.807, 2.05) is 0 Å². The van der Waals surface area contributed by atoms with Crippen LogP contribution in [0, 0.1) is 6.92 Å². The van der Waals surface area contributed by atoms with Crippen LogP contribution >= 0.6 is 0 Å². The Labute approximate surface area is 111 Å². The van der Waals surface area contributed by atoms with E-state index >= 15 is 0 Å². The molecule has 4 nitrogen and oxygen atoms in total. The summed E-state index contributed by atoms with van der Waals surface area (Å²) in [4.78, 5) is 14.7. The van der Waals surface area contributed by atoms with Crippen molar-refractivity contribution in [1.29, 1.82) is 0 Å². The van der Waals surface area contributed by atoms with E-state index in [4.69, 9.17) is 5.11 Å². The maximum Gasteiger partial charge on any atom is 0.419 e. The Morgan fingerprint density at radius 2 is 2.10 bits per heavy atom. The van der Waals surface area contributed by atoms with E-state index < -0.39 is 17.7 Å². The SMILES string of the molecule is Cc1c(C(=O)O)nc2c(C(F)(F)F)cc(C3CC3)cn12. The number of halogens is 3. The number of alkyl halides is 3. The molecule has 20 heavy (non-hydrogen) atoms. The van der Waals surface area contributed by atoms with E-state index in [1.165, 1.54) is 11.3 Å². The summed E-state index contributed by atoms with van der Waals surface area (Å²) in [7, 11) is 0. The van der Waals surface area contributed by atoms with Crippen molar-refractivity contribution in [2.45, 2.75) is 31.9 Å². The van der Waals surface area contributed by atoms with E-state index in [-0.39, 0.29) is 23.0 Å². The number of hydrogen-bond donors (Lipinski definition) is 1. The first-order valence-electron chi connectivity index (χ1n) is 6.12. The van der Waals surface area contributed by atoms with Crippen LogP contribution in [0.4, 0.5) is 13.2 Å². The fraction of sp³-hybridized carbons (Fsp3) is 0.385. The highest BCUT2D eigenvalue weighted by atomic mass is 19.4. The Kier molecular flexibility index (Phi) is 2.57. The summed E-state index contributed by atoms with van der Waals surface area (Å²) in [5.41, 5.74) is -0.777. The summed E-state index contributed by atoms with van der Waals surface area (Å²) in [6, 6.07) is 1.09. The van der Waals surface area contributed by atoms with Gasteiger partial charge in [0.25, 0.3) is 0 Å². The number of nitrogens with zero attached hydrogens (tertiary/aromatic N) is 2. The highest BCUT2D eigenvalue weighted by Gasteiger charge is 2.37. The monoisotopic (exact) mass is 284 g/mol. The number of carbonyl (C=O) groups is 1. The van der Waals surface area contributed by atoms with Gasteiger partial charge in [0.2, 0.25) is 0 Å². The van der Waals surface area contributed by atoms with Crippen LogP contribution < -0.4 is 0 Å². The second-order valence-electron chi connectivity index (χ2n) is 5.00. The van der Waals surface area contributed by atoms with E-state index in [1.54, 1.807) is 6.20 Å². The summed E-state index contributed by atoms with van der Waals surface area (Å²) >= 11 is 0. The van der Waals surface area contributed by atoms with E-state index in [2.05, 4.69) is 4.98 Å². The number of aryl methyl sites for hydroxylation is 1. The van der Waals surface area contributed by atoms with Crippen molar-refractivity contribution in [1.82, 2.24) is 9.38 Å². The van der Waals surface area contributed by atoms with Gasteiger partial charge in [-0.15, -0.1) is 0 Å². The number of carboxylic acid groups (broad SMARTS) is 1. The Hall–Kier alpha value is -2.05. The smallest absolute Gasteiger partial charge is 0.419 e. The standard InChI is InChI=1S/C13H11F3N2O2/c1-6-10(12(19)20)17-11-9(13(14,15)16)4-8(5-18(6)11)7-2-3-7/h4-5,7H,2-3H2,1H3,(H,19,20). The lowest BCUT2D eigenvalue weighted by atomic mass is 10.1. The first-order valence-corrected chi connectivity index (χ1v) is 6.12. The zero-order valence-electron chi connectivity index (χ0n) is 10.5. The molecule has 1 aliphatic rings. The number of fused-ring (bicyclic) bond motifs is 1. The third kappa shape index (κ3) is 1.93. The van der Waals surface area contributed by atoms with Gasteiger partial charge in [0, 0.05) is 6.20 Å². The molecule has 0 aliphatic heterocycles.